The van der Waals surface area contributed by atoms with E-state index >= 15 is 0 Å². The second-order valence-electron chi connectivity index (χ2n) is 5.57. The smallest absolute Gasteiger partial charge is 0.251 e. The summed E-state index contributed by atoms with van der Waals surface area (Å²) in [5, 5.41) is 3.89. The summed E-state index contributed by atoms with van der Waals surface area (Å²) in [6.07, 6.45) is 0. The third-order valence-electron chi connectivity index (χ3n) is 3.73. The van der Waals surface area contributed by atoms with Crippen LogP contribution in [0.25, 0.3) is 22.6 Å². The van der Waals surface area contributed by atoms with Crippen LogP contribution in [-0.2, 0) is 4.74 Å². The van der Waals surface area contributed by atoms with Crippen LogP contribution in [0.5, 0.6) is 0 Å². The van der Waals surface area contributed by atoms with Gasteiger partial charge in [-0.3, -0.25) is 4.79 Å². The normalized spacial score (nSPS) is 14.6. The Hall–Kier alpha value is -2.08. The summed E-state index contributed by atoms with van der Waals surface area (Å²) in [4.78, 5) is 16.6. The Bertz CT molecular complexity index is 914. The lowest BCUT2D eigenvalue weighted by Gasteiger charge is -2.26. The number of aromatic nitrogens is 1. The maximum absolute atomic E-state index is 12.2. The fourth-order valence-corrected chi connectivity index (χ4v) is 2.98. The highest BCUT2D eigenvalue weighted by atomic mass is 35.5. The lowest BCUT2D eigenvalue weighted by atomic mass is 10.1. The molecule has 0 bridgehead atoms. The molecule has 122 valence electrons. The van der Waals surface area contributed by atoms with Crippen LogP contribution in [0.15, 0.2) is 40.8 Å². The first-order valence-electron chi connectivity index (χ1n) is 7.34. The molecular formula is C17H12Cl2N2O3. The van der Waals surface area contributed by atoms with E-state index in [4.69, 9.17) is 32.4 Å². The number of amides is 1. The van der Waals surface area contributed by atoms with Crippen LogP contribution in [-0.4, -0.2) is 30.1 Å². The van der Waals surface area contributed by atoms with Gasteiger partial charge in [-0.25, -0.2) is 4.98 Å². The Labute approximate surface area is 147 Å². The van der Waals surface area contributed by atoms with Crippen molar-refractivity contribution in [2.45, 2.75) is 6.04 Å². The van der Waals surface area contributed by atoms with Crippen molar-refractivity contribution in [2.75, 3.05) is 13.2 Å². The van der Waals surface area contributed by atoms with Crippen molar-refractivity contribution in [1.29, 1.82) is 0 Å². The number of nitrogens with zero attached hydrogens (tertiary/aromatic N) is 1. The summed E-state index contributed by atoms with van der Waals surface area (Å²) in [7, 11) is 0. The summed E-state index contributed by atoms with van der Waals surface area (Å²) >= 11 is 12.0. The van der Waals surface area contributed by atoms with Crippen molar-refractivity contribution in [2.24, 2.45) is 0 Å². The van der Waals surface area contributed by atoms with Crippen molar-refractivity contribution in [3.8, 4) is 11.5 Å². The van der Waals surface area contributed by atoms with E-state index in [1.807, 2.05) is 0 Å². The molecule has 0 saturated carbocycles. The number of oxazole rings is 1. The van der Waals surface area contributed by atoms with Crippen LogP contribution in [0, 0.1) is 0 Å². The average molecular weight is 363 g/mol. The number of carbonyl (C=O) groups is 1. The molecule has 2 heterocycles. The largest absolute Gasteiger partial charge is 0.436 e. The van der Waals surface area contributed by atoms with E-state index < -0.39 is 0 Å². The summed E-state index contributed by atoms with van der Waals surface area (Å²) in [5.41, 5.74) is 2.38. The lowest BCUT2D eigenvalue weighted by molar-refractivity contribution is -0.00346. The average Bonchev–Trinajstić information content (AvgIpc) is 2.92. The molecule has 0 radical (unpaired) electrons. The number of halogens is 2. The number of rotatable bonds is 3. The molecule has 0 atom stereocenters. The molecule has 1 aromatic heterocycles. The van der Waals surface area contributed by atoms with Crippen molar-refractivity contribution in [1.82, 2.24) is 10.3 Å². The van der Waals surface area contributed by atoms with E-state index in [-0.39, 0.29) is 11.9 Å². The summed E-state index contributed by atoms with van der Waals surface area (Å²) in [5.74, 6) is 0.244. The third kappa shape index (κ3) is 2.98. The van der Waals surface area contributed by atoms with Gasteiger partial charge in [0.15, 0.2) is 5.58 Å². The van der Waals surface area contributed by atoms with Crippen molar-refractivity contribution in [3.05, 3.63) is 52.0 Å². The molecule has 0 spiro atoms. The number of carbonyl (C=O) groups excluding carboxylic acids is 1. The highest BCUT2D eigenvalue weighted by molar-refractivity contribution is 6.35. The Morgan fingerprint density at radius 1 is 1.12 bits per heavy atom. The molecule has 7 heteroatoms. The zero-order valence-electron chi connectivity index (χ0n) is 12.4. The van der Waals surface area contributed by atoms with E-state index in [0.717, 1.165) is 0 Å². The first-order valence-corrected chi connectivity index (χ1v) is 8.10. The van der Waals surface area contributed by atoms with E-state index in [0.29, 0.717) is 51.4 Å². The SMILES string of the molecule is O=C(NC1COC1)c1ccc2nc(-c3cc(Cl)cc(Cl)c3)oc2c1. The second-order valence-corrected chi connectivity index (χ2v) is 6.44. The van der Waals surface area contributed by atoms with Gasteiger partial charge in [0, 0.05) is 21.2 Å². The van der Waals surface area contributed by atoms with Crippen LogP contribution in [0.2, 0.25) is 10.0 Å². The zero-order chi connectivity index (χ0) is 16.7. The van der Waals surface area contributed by atoms with Gasteiger partial charge in [-0.15, -0.1) is 0 Å². The standard InChI is InChI=1S/C17H12Cl2N2O3/c18-11-3-10(4-12(19)6-11)17-21-14-2-1-9(5-15(14)24-17)16(22)20-13-7-23-8-13/h1-6,13H,7-8H2,(H,20,22). The predicted molar refractivity (Wildman–Crippen MR) is 91.5 cm³/mol. The van der Waals surface area contributed by atoms with Gasteiger partial charge in [-0.2, -0.15) is 0 Å². The minimum Gasteiger partial charge on any atom is -0.436 e. The maximum Gasteiger partial charge on any atom is 0.251 e. The van der Waals surface area contributed by atoms with E-state index in [2.05, 4.69) is 10.3 Å². The Kier molecular flexibility index (Phi) is 3.92. The predicted octanol–water partition coefficient (Wildman–Crippen LogP) is 3.93. The Morgan fingerprint density at radius 3 is 2.54 bits per heavy atom. The van der Waals surface area contributed by atoms with Gasteiger partial charge < -0.3 is 14.5 Å². The molecule has 0 unspecified atom stereocenters. The zero-order valence-corrected chi connectivity index (χ0v) is 13.9. The fourth-order valence-electron chi connectivity index (χ4n) is 2.45. The van der Waals surface area contributed by atoms with Crippen molar-refractivity contribution < 1.29 is 13.9 Å². The number of hydrogen-bond donors (Lipinski definition) is 1. The maximum atomic E-state index is 12.2. The van der Waals surface area contributed by atoms with Crippen molar-refractivity contribution >= 4 is 40.2 Å². The van der Waals surface area contributed by atoms with Crippen LogP contribution in [0.4, 0.5) is 0 Å². The third-order valence-corrected chi connectivity index (χ3v) is 4.17. The van der Waals surface area contributed by atoms with Crippen LogP contribution in [0.1, 0.15) is 10.4 Å². The quantitative estimate of drug-likeness (QED) is 0.766. The summed E-state index contributed by atoms with van der Waals surface area (Å²) < 4.78 is 10.8. The van der Waals surface area contributed by atoms with Crippen LogP contribution >= 0.6 is 23.2 Å². The topological polar surface area (TPSA) is 64.4 Å². The molecule has 2 aromatic carbocycles. The molecule has 24 heavy (non-hydrogen) atoms. The molecule has 0 aliphatic carbocycles. The molecule has 1 amide bonds. The minimum atomic E-state index is -0.158. The fraction of sp³-hybridized carbons (Fsp3) is 0.176. The van der Waals surface area contributed by atoms with Gasteiger partial charge in [0.1, 0.15) is 5.52 Å². The van der Waals surface area contributed by atoms with Gasteiger partial charge in [-0.05, 0) is 36.4 Å². The first-order chi connectivity index (χ1) is 11.6. The van der Waals surface area contributed by atoms with Crippen LogP contribution < -0.4 is 5.32 Å². The van der Waals surface area contributed by atoms with Gasteiger partial charge in [-0.1, -0.05) is 23.2 Å². The minimum absolute atomic E-state index is 0.0760. The monoisotopic (exact) mass is 362 g/mol. The lowest BCUT2D eigenvalue weighted by Crippen LogP contribution is -2.48. The highest BCUT2D eigenvalue weighted by Crippen LogP contribution is 2.29. The molecule has 1 fully saturated rings. The Morgan fingerprint density at radius 2 is 1.88 bits per heavy atom. The first kappa shape index (κ1) is 15.4. The van der Waals surface area contributed by atoms with Crippen LogP contribution in [0.3, 0.4) is 0 Å². The number of benzene rings is 2. The molecular weight excluding hydrogens is 351 g/mol. The van der Waals surface area contributed by atoms with Gasteiger partial charge >= 0.3 is 0 Å². The second kappa shape index (κ2) is 6.09. The van der Waals surface area contributed by atoms with E-state index in [9.17, 15) is 4.79 Å². The van der Waals surface area contributed by atoms with Crippen molar-refractivity contribution in [3.63, 3.8) is 0 Å². The van der Waals surface area contributed by atoms with Gasteiger partial charge in [0.05, 0.1) is 19.3 Å². The summed E-state index contributed by atoms with van der Waals surface area (Å²) in [6, 6.07) is 10.3. The van der Waals surface area contributed by atoms with Gasteiger partial charge in [0.2, 0.25) is 5.89 Å². The van der Waals surface area contributed by atoms with E-state index in [1.54, 1.807) is 36.4 Å². The molecule has 5 nitrogen and oxygen atoms in total. The molecule has 1 aliphatic heterocycles. The van der Waals surface area contributed by atoms with E-state index in [1.165, 1.54) is 0 Å². The summed E-state index contributed by atoms with van der Waals surface area (Å²) in [6.45, 7) is 1.10. The number of ether oxygens (including phenoxy) is 1. The molecule has 3 aromatic rings. The molecule has 1 aliphatic rings. The Balaban J connectivity index is 1.66. The number of nitrogens with one attached hydrogen (secondary N) is 1. The molecule has 4 rings (SSSR count). The molecule has 1 N–H and O–H groups in total. The number of hydrogen-bond acceptors (Lipinski definition) is 4. The highest BCUT2D eigenvalue weighted by Gasteiger charge is 2.21. The number of fused-ring (bicyclic) bond motifs is 1. The van der Waals surface area contributed by atoms with Gasteiger partial charge in [0.25, 0.3) is 5.91 Å². The molecule has 1 saturated heterocycles.